The lowest BCUT2D eigenvalue weighted by molar-refractivity contribution is -0.118. The van der Waals surface area contributed by atoms with E-state index >= 15 is 0 Å². The molecule has 2 N–H and O–H groups in total. The van der Waals surface area contributed by atoms with E-state index in [0.717, 1.165) is 0 Å². The van der Waals surface area contributed by atoms with E-state index in [1.807, 2.05) is 0 Å². The highest BCUT2D eigenvalue weighted by Gasteiger charge is 2.15. The third-order valence-corrected chi connectivity index (χ3v) is 5.94. The van der Waals surface area contributed by atoms with Crippen LogP contribution in [0.25, 0.3) is 0 Å². The fraction of sp³-hybridized carbons (Fsp3) is 0.0500. The molecule has 1 amide bonds. The number of nitrogens with one attached hydrogen (secondary N) is 2. The average Bonchev–Trinajstić information content (AvgIpc) is 2.68. The largest absolute Gasteiger partial charge is 0.483 e. The van der Waals surface area contributed by atoms with Crippen LogP contribution in [0.5, 0.6) is 5.75 Å². The van der Waals surface area contributed by atoms with Gasteiger partial charge in [-0.15, -0.1) is 0 Å². The van der Waals surface area contributed by atoms with Gasteiger partial charge >= 0.3 is 0 Å². The van der Waals surface area contributed by atoms with E-state index in [-0.39, 0.29) is 11.5 Å². The molecule has 0 radical (unpaired) electrons. The van der Waals surface area contributed by atoms with Gasteiger partial charge < -0.3 is 10.1 Å². The molecule has 9 heteroatoms. The van der Waals surface area contributed by atoms with Crippen molar-refractivity contribution in [1.82, 2.24) is 0 Å². The lowest BCUT2D eigenvalue weighted by Crippen LogP contribution is -2.20. The molecule has 150 valence electrons. The Morgan fingerprint density at radius 1 is 0.966 bits per heavy atom. The standard InChI is InChI=1S/C20H16BrClN2O4S/c21-18-11-14(22)9-10-19(18)28-13-20(25)23-16-7-4-8-17(12-16)29(26,27)24-15-5-2-1-3-6-15/h1-12,24H,13H2,(H,23,25). The maximum Gasteiger partial charge on any atom is 0.262 e. The normalized spacial score (nSPS) is 11.0. The molecule has 3 aromatic rings. The molecule has 0 aliphatic rings. The van der Waals surface area contributed by atoms with Gasteiger partial charge in [-0.2, -0.15) is 0 Å². The molecule has 0 atom stereocenters. The van der Waals surface area contributed by atoms with Crippen LogP contribution in [0.3, 0.4) is 0 Å². The van der Waals surface area contributed by atoms with Gasteiger partial charge in [0.15, 0.2) is 6.61 Å². The quantitative estimate of drug-likeness (QED) is 0.487. The molecular formula is C20H16BrClN2O4S. The van der Waals surface area contributed by atoms with Crippen LogP contribution in [-0.4, -0.2) is 20.9 Å². The molecule has 0 heterocycles. The van der Waals surface area contributed by atoms with Crippen LogP contribution in [0.2, 0.25) is 5.02 Å². The van der Waals surface area contributed by atoms with Gasteiger partial charge in [0.1, 0.15) is 5.75 Å². The minimum Gasteiger partial charge on any atom is -0.483 e. The maximum absolute atomic E-state index is 12.6. The lowest BCUT2D eigenvalue weighted by Gasteiger charge is -2.11. The van der Waals surface area contributed by atoms with E-state index in [9.17, 15) is 13.2 Å². The molecule has 0 bridgehead atoms. The highest BCUT2D eigenvalue weighted by Crippen LogP contribution is 2.28. The predicted octanol–water partition coefficient (Wildman–Crippen LogP) is 4.92. The van der Waals surface area contributed by atoms with Crippen LogP contribution < -0.4 is 14.8 Å². The van der Waals surface area contributed by atoms with Crippen LogP contribution in [0.4, 0.5) is 11.4 Å². The highest BCUT2D eigenvalue weighted by atomic mass is 79.9. The summed E-state index contributed by atoms with van der Waals surface area (Å²) >= 11 is 9.18. The fourth-order valence-corrected chi connectivity index (χ4v) is 4.30. The Morgan fingerprint density at radius 3 is 2.41 bits per heavy atom. The van der Waals surface area contributed by atoms with E-state index in [4.69, 9.17) is 16.3 Å². The topological polar surface area (TPSA) is 84.5 Å². The van der Waals surface area contributed by atoms with Gasteiger partial charge in [-0.25, -0.2) is 8.42 Å². The second-order valence-corrected chi connectivity index (χ2v) is 8.88. The number of sulfonamides is 1. The first-order valence-electron chi connectivity index (χ1n) is 8.39. The second kappa shape index (κ2) is 9.30. The number of amides is 1. The van der Waals surface area contributed by atoms with Crippen LogP contribution in [0.15, 0.2) is 82.2 Å². The smallest absolute Gasteiger partial charge is 0.262 e. The van der Waals surface area contributed by atoms with Crippen LogP contribution in [0, 0.1) is 0 Å². The molecule has 0 spiro atoms. The van der Waals surface area contributed by atoms with Crippen molar-refractivity contribution < 1.29 is 17.9 Å². The van der Waals surface area contributed by atoms with Crippen LogP contribution in [0.1, 0.15) is 0 Å². The minimum absolute atomic E-state index is 0.0283. The number of rotatable bonds is 7. The second-order valence-electron chi connectivity index (χ2n) is 5.91. The molecule has 3 aromatic carbocycles. The van der Waals surface area contributed by atoms with Crippen LogP contribution >= 0.6 is 27.5 Å². The summed E-state index contributed by atoms with van der Waals surface area (Å²) in [4.78, 5) is 12.2. The summed E-state index contributed by atoms with van der Waals surface area (Å²) in [6.45, 7) is -0.251. The van der Waals surface area contributed by atoms with E-state index in [0.29, 0.717) is 26.6 Å². The van der Waals surface area contributed by atoms with Crippen molar-refractivity contribution in [2.24, 2.45) is 0 Å². The molecule has 3 rings (SSSR count). The fourth-order valence-electron chi connectivity index (χ4n) is 2.39. The molecule has 0 aliphatic heterocycles. The third kappa shape index (κ3) is 5.96. The number of ether oxygens (including phenoxy) is 1. The van der Waals surface area contributed by atoms with Gasteiger partial charge in [-0.3, -0.25) is 9.52 Å². The molecule has 29 heavy (non-hydrogen) atoms. The van der Waals surface area contributed by atoms with Crippen molar-refractivity contribution in [2.45, 2.75) is 4.90 Å². The summed E-state index contributed by atoms with van der Waals surface area (Å²) in [6, 6.07) is 19.5. The average molecular weight is 496 g/mol. The zero-order valence-corrected chi connectivity index (χ0v) is 18.1. The van der Waals surface area contributed by atoms with Crippen molar-refractivity contribution in [1.29, 1.82) is 0 Å². The number of hydrogen-bond acceptors (Lipinski definition) is 4. The van der Waals surface area contributed by atoms with Crippen LogP contribution in [-0.2, 0) is 14.8 Å². The van der Waals surface area contributed by atoms with Crippen molar-refractivity contribution in [2.75, 3.05) is 16.6 Å². The summed E-state index contributed by atoms with van der Waals surface area (Å²) in [7, 11) is -3.79. The van der Waals surface area contributed by atoms with Gasteiger partial charge in [0, 0.05) is 16.4 Å². The van der Waals surface area contributed by atoms with E-state index in [2.05, 4.69) is 26.0 Å². The number of halogens is 2. The van der Waals surface area contributed by atoms with Crippen molar-refractivity contribution >= 4 is 54.8 Å². The summed E-state index contributed by atoms with van der Waals surface area (Å²) in [6.07, 6.45) is 0. The van der Waals surface area contributed by atoms with Gasteiger partial charge in [-0.1, -0.05) is 35.9 Å². The molecule has 6 nitrogen and oxygen atoms in total. The zero-order valence-electron chi connectivity index (χ0n) is 14.9. The molecule has 0 saturated carbocycles. The SMILES string of the molecule is O=C(COc1ccc(Cl)cc1Br)Nc1cccc(S(=O)(=O)Nc2ccccc2)c1. The minimum atomic E-state index is -3.79. The van der Waals surface area contributed by atoms with Gasteiger partial charge in [0.05, 0.1) is 9.37 Å². The first kappa shape index (κ1) is 21.2. The Labute approximate surface area is 182 Å². The molecular weight excluding hydrogens is 480 g/mol. The molecule has 0 fully saturated rings. The molecule has 0 aliphatic carbocycles. The first-order chi connectivity index (χ1) is 13.8. The van der Waals surface area contributed by atoms with Crippen molar-refractivity contribution in [3.05, 3.63) is 82.3 Å². The monoisotopic (exact) mass is 494 g/mol. The Bertz CT molecular complexity index is 1120. The highest BCUT2D eigenvalue weighted by molar-refractivity contribution is 9.10. The summed E-state index contributed by atoms with van der Waals surface area (Å²) in [5, 5.41) is 3.16. The Hall–Kier alpha value is -2.55. The summed E-state index contributed by atoms with van der Waals surface area (Å²) in [5.41, 5.74) is 0.786. The first-order valence-corrected chi connectivity index (χ1v) is 11.0. The zero-order chi connectivity index (χ0) is 20.9. The number of anilines is 2. The number of hydrogen-bond donors (Lipinski definition) is 2. The predicted molar refractivity (Wildman–Crippen MR) is 117 cm³/mol. The summed E-state index contributed by atoms with van der Waals surface area (Å²) in [5.74, 6) is 0.0327. The Kier molecular flexibility index (Phi) is 6.79. The lowest BCUT2D eigenvalue weighted by atomic mass is 10.3. The maximum atomic E-state index is 12.6. The molecule has 0 aromatic heterocycles. The number of para-hydroxylation sites is 1. The Balaban J connectivity index is 1.65. The van der Waals surface area contributed by atoms with E-state index < -0.39 is 15.9 Å². The number of carbonyl (C=O) groups is 1. The Morgan fingerprint density at radius 2 is 1.69 bits per heavy atom. The number of carbonyl (C=O) groups excluding carboxylic acids is 1. The van der Waals surface area contributed by atoms with Gasteiger partial charge in [0.2, 0.25) is 0 Å². The van der Waals surface area contributed by atoms with Gasteiger partial charge in [-0.05, 0) is 64.5 Å². The molecule has 0 saturated heterocycles. The number of benzene rings is 3. The third-order valence-electron chi connectivity index (χ3n) is 3.71. The van der Waals surface area contributed by atoms with E-state index in [1.54, 1.807) is 60.7 Å². The van der Waals surface area contributed by atoms with Crippen molar-refractivity contribution in [3.63, 3.8) is 0 Å². The van der Waals surface area contributed by atoms with Gasteiger partial charge in [0.25, 0.3) is 15.9 Å². The molecule has 0 unspecified atom stereocenters. The summed E-state index contributed by atoms with van der Waals surface area (Å²) < 4.78 is 33.7. The van der Waals surface area contributed by atoms with Crippen molar-refractivity contribution in [3.8, 4) is 5.75 Å². The van der Waals surface area contributed by atoms with E-state index in [1.165, 1.54) is 12.1 Å².